The highest BCUT2D eigenvalue weighted by atomic mass is 35.5. The largest absolute Gasteiger partial charge is 0.343 e. The van der Waals surface area contributed by atoms with Crippen LogP contribution >= 0.6 is 23.2 Å². The Morgan fingerprint density at radius 1 is 1.18 bits per heavy atom. The molecule has 2 rings (SSSR count). The normalized spacial score (nSPS) is 15.5. The number of carbonyl (C=O) groups is 2. The number of likely N-dealkylation sites (tertiary alicyclic amines) is 1. The number of nitrogens with one attached hydrogen (secondary N) is 2. The lowest BCUT2D eigenvalue weighted by Gasteiger charge is -2.32. The molecule has 1 fully saturated rings. The van der Waals surface area contributed by atoms with Gasteiger partial charge in [-0.05, 0) is 31.0 Å². The van der Waals surface area contributed by atoms with E-state index >= 15 is 0 Å². The van der Waals surface area contributed by atoms with E-state index in [-0.39, 0.29) is 18.0 Å². The molecule has 1 saturated heterocycles. The fourth-order valence-corrected chi connectivity index (χ4v) is 3.00. The molecule has 120 valence electrons. The van der Waals surface area contributed by atoms with Gasteiger partial charge in [-0.3, -0.25) is 4.79 Å². The average molecular weight is 344 g/mol. The number of hydrogen-bond acceptors (Lipinski definition) is 2. The molecule has 1 heterocycles. The molecular formula is C15H19Cl2N3O2. The molecule has 3 amide bonds. The summed E-state index contributed by atoms with van der Waals surface area (Å²) in [5.74, 6) is 0.163. The predicted molar refractivity (Wildman–Crippen MR) is 88.5 cm³/mol. The molecule has 1 aliphatic heterocycles. The highest BCUT2D eigenvalue weighted by Crippen LogP contribution is 2.22. The molecule has 0 saturated carbocycles. The second-order valence-corrected chi connectivity index (χ2v) is 6.14. The van der Waals surface area contributed by atoms with Crippen molar-refractivity contribution in [2.24, 2.45) is 0 Å². The van der Waals surface area contributed by atoms with Crippen molar-refractivity contribution in [1.29, 1.82) is 0 Å². The zero-order valence-corrected chi connectivity index (χ0v) is 13.9. The first-order valence-corrected chi connectivity index (χ1v) is 8.05. The van der Waals surface area contributed by atoms with Crippen LogP contribution in [0.25, 0.3) is 0 Å². The molecule has 2 N–H and O–H groups in total. The van der Waals surface area contributed by atoms with Crippen molar-refractivity contribution in [3.8, 4) is 0 Å². The van der Waals surface area contributed by atoms with Crippen molar-refractivity contribution in [3.05, 3.63) is 28.2 Å². The van der Waals surface area contributed by atoms with E-state index in [0.29, 0.717) is 35.2 Å². The number of hydrogen-bond donors (Lipinski definition) is 2. The Bertz CT molecular complexity index is 537. The van der Waals surface area contributed by atoms with Crippen LogP contribution in [0.2, 0.25) is 10.0 Å². The minimum absolute atomic E-state index is 0.0653. The fraction of sp³-hybridized carbons (Fsp3) is 0.467. The van der Waals surface area contributed by atoms with E-state index in [0.717, 1.165) is 12.8 Å². The van der Waals surface area contributed by atoms with Crippen LogP contribution in [0, 0.1) is 0 Å². The summed E-state index contributed by atoms with van der Waals surface area (Å²) in [6.45, 7) is 3.22. The number of nitrogens with zero attached hydrogens (tertiary/aromatic N) is 1. The summed E-state index contributed by atoms with van der Waals surface area (Å²) in [5.41, 5.74) is 0.550. The van der Waals surface area contributed by atoms with Crippen molar-refractivity contribution in [1.82, 2.24) is 10.2 Å². The van der Waals surface area contributed by atoms with E-state index in [1.54, 1.807) is 18.2 Å². The maximum atomic E-state index is 12.0. The first-order chi connectivity index (χ1) is 10.5. The van der Waals surface area contributed by atoms with Gasteiger partial charge in [0.05, 0.1) is 0 Å². The summed E-state index contributed by atoms with van der Waals surface area (Å²) >= 11 is 11.8. The Kier molecular flexibility index (Phi) is 5.91. The molecule has 22 heavy (non-hydrogen) atoms. The predicted octanol–water partition coefficient (Wildman–Crippen LogP) is 3.52. The van der Waals surface area contributed by atoms with Gasteiger partial charge in [0.15, 0.2) is 0 Å². The number of halogens is 2. The molecule has 0 aromatic heterocycles. The Morgan fingerprint density at radius 2 is 1.77 bits per heavy atom. The molecule has 5 nitrogen and oxygen atoms in total. The average Bonchev–Trinajstić information content (AvgIpc) is 2.46. The second kappa shape index (κ2) is 7.70. The van der Waals surface area contributed by atoms with Crippen molar-refractivity contribution in [3.63, 3.8) is 0 Å². The lowest BCUT2D eigenvalue weighted by molar-refractivity contribution is -0.131. The van der Waals surface area contributed by atoms with E-state index in [1.807, 2.05) is 11.8 Å². The third kappa shape index (κ3) is 4.78. The number of rotatable bonds is 3. The third-order valence-electron chi connectivity index (χ3n) is 3.61. The highest BCUT2D eigenvalue weighted by molar-refractivity contribution is 6.35. The summed E-state index contributed by atoms with van der Waals surface area (Å²) in [4.78, 5) is 25.4. The molecule has 0 spiro atoms. The quantitative estimate of drug-likeness (QED) is 0.881. The molecule has 7 heteroatoms. The first-order valence-electron chi connectivity index (χ1n) is 7.29. The number of urea groups is 1. The van der Waals surface area contributed by atoms with Crippen LogP contribution in [0.5, 0.6) is 0 Å². The highest BCUT2D eigenvalue weighted by Gasteiger charge is 2.22. The van der Waals surface area contributed by atoms with Gasteiger partial charge >= 0.3 is 6.03 Å². The minimum atomic E-state index is -0.293. The summed E-state index contributed by atoms with van der Waals surface area (Å²) in [5, 5.41) is 6.56. The molecule has 0 unspecified atom stereocenters. The van der Waals surface area contributed by atoms with Gasteiger partial charge in [-0.1, -0.05) is 30.1 Å². The number of benzene rings is 1. The summed E-state index contributed by atoms with van der Waals surface area (Å²) < 4.78 is 0. The Morgan fingerprint density at radius 3 is 2.32 bits per heavy atom. The van der Waals surface area contributed by atoms with Crippen LogP contribution < -0.4 is 10.6 Å². The van der Waals surface area contributed by atoms with Crippen molar-refractivity contribution in [2.75, 3.05) is 18.4 Å². The van der Waals surface area contributed by atoms with Crippen LogP contribution in [0.15, 0.2) is 18.2 Å². The minimum Gasteiger partial charge on any atom is -0.343 e. The van der Waals surface area contributed by atoms with Crippen LogP contribution in [0.1, 0.15) is 26.2 Å². The SMILES string of the molecule is CCC(=O)N1CCC(NC(=O)Nc2cc(Cl)cc(Cl)c2)CC1. The van der Waals surface area contributed by atoms with Crippen LogP contribution in [-0.4, -0.2) is 36.0 Å². The fourth-order valence-electron chi connectivity index (χ4n) is 2.48. The van der Waals surface area contributed by atoms with Gasteiger partial charge in [0.25, 0.3) is 0 Å². The maximum Gasteiger partial charge on any atom is 0.319 e. The molecule has 0 aliphatic carbocycles. The first kappa shape index (κ1) is 16.9. The van der Waals surface area contributed by atoms with E-state index in [1.165, 1.54) is 0 Å². The van der Waals surface area contributed by atoms with Gasteiger partial charge in [-0.25, -0.2) is 4.79 Å². The Labute approximate surface area is 139 Å². The molecule has 1 aromatic rings. The second-order valence-electron chi connectivity index (χ2n) is 5.27. The van der Waals surface area contributed by atoms with Crippen LogP contribution in [-0.2, 0) is 4.79 Å². The zero-order valence-electron chi connectivity index (χ0n) is 12.4. The monoisotopic (exact) mass is 343 g/mol. The Hall–Kier alpha value is -1.46. The molecule has 0 radical (unpaired) electrons. The maximum absolute atomic E-state index is 12.0. The molecule has 1 aliphatic rings. The van der Waals surface area contributed by atoms with Gasteiger partial charge < -0.3 is 15.5 Å². The molecule has 1 aromatic carbocycles. The van der Waals surface area contributed by atoms with Gasteiger partial charge in [-0.2, -0.15) is 0 Å². The zero-order chi connectivity index (χ0) is 16.1. The molecule has 0 bridgehead atoms. The van der Waals surface area contributed by atoms with E-state index in [4.69, 9.17) is 23.2 Å². The summed E-state index contributed by atoms with van der Waals surface area (Å²) in [6, 6.07) is 4.65. The van der Waals surface area contributed by atoms with Gasteiger partial charge in [-0.15, -0.1) is 0 Å². The third-order valence-corrected chi connectivity index (χ3v) is 4.04. The number of piperidine rings is 1. The van der Waals surface area contributed by atoms with E-state index < -0.39 is 0 Å². The topological polar surface area (TPSA) is 61.4 Å². The smallest absolute Gasteiger partial charge is 0.319 e. The number of anilines is 1. The summed E-state index contributed by atoms with van der Waals surface area (Å²) in [6.07, 6.45) is 2.04. The Balaban J connectivity index is 1.82. The van der Waals surface area contributed by atoms with Crippen LogP contribution in [0.3, 0.4) is 0 Å². The molecular weight excluding hydrogens is 325 g/mol. The summed E-state index contributed by atoms with van der Waals surface area (Å²) in [7, 11) is 0. The number of carbonyl (C=O) groups excluding carboxylic acids is 2. The van der Waals surface area contributed by atoms with Gasteiger partial charge in [0.2, 0.25) is 5.91 Å². The van der Waals surface area contributed by atoms with E-state index in [9.17, 15) is 9.59 Å². The molecule has 0 atom stereocenters. The van der Waals surface area contributed by atoms with Gasteiger partial charge in [0, 0.05) is 41.3 Å². The van der Waals surface area contributed by atoms with Crippen molar-refractivity contribution >= 4 is 40.8 Å². The number of amides is 3. The van der Waals surface area contributed by atoms with E-state index in [2.05, 4.69) is 10.6 Å². The van der Waals surface area contributed by atoms with Crippen molar-refractivity contribution in [2.45, 2.75) is 32.2 Å². The van der Waals surface area contributed by atoms with Crippen LogP contribution in [0.4, 0.5) is 10.5 Å². The standard InChI is InChI=1S/C15H19Cl2N3O2/c1-2-14(21)20-5-3-12(4-6-20)18-15(22)19-13-8-10(16)7-11(17)9-13/h7-9,12H,2-6H2,1H3,(H2,18,19,22). The van der Waals surface area contributed by atoms with Crippen molar-refractivity contribution < 1.29 is 9.59 Å². The lowest BCUT2D eigenvalue weighted by atomic mass is 10.1. The lowest BCUT2D eigenvalue weighted by Crippen LogP contribution is -2.47. The van der Waals surface area contributed by atoms with Gasteiger partial charge in [0.1, 0.15) is 0 Å².